The van der Waals surface area contributed by atoms with Gasteiger partial charge in [-0.05, 0) is 18.2 Å². The molecule has 2 N–H and O–H groups in total. The normalized spacial score (nSPS) is 21.5. The van der Waals surface area contributed by atoms with Gasteiger partial charge in [-0.1, -0.05) is 0 Å². The summed E-state index contributed by atoms with van der Waals surface area (Å²) < 4.78 is 51.0. The molecule has 1 atom stereocenters. The van der Waals surface area contributed by atoms with Crippen LogP contribution in [0.25, 0.3) is 0 Å². The summed E-state index contributed by atoms with van der Waals surface area (Å²) in [7, 11) is 0. The van der Waals surface area contributed by atoms with Gasteiger partial charge < -0.3 is 10.6 Å². The van der Waals surface area contributed by atoms with E-state index < -0.39 is 23.6 Å². The highest BCUT2D eigenvalue weighted by atomic mass is 19.4. The van der Waals surface area contributed by atoms with Crippen LogP contribution in [0.5, 0.6) is 0 Å². The molecule has 0 amide bonds. The van der Waals surface area contributed by atoms with E-state index in [2.05, 4.69) is 10.6 Å². The number of nitrogens with one attached hydrogen (secondary N) is 2. The SMILES string of the molecule is Fc1ccc(C(F)(F)F)cc1[C@H]1CNCCN1. The number of halogens is 4. The van der Waals surface area contributed by atoms with Gasteiger partial charge in [-0.3, -0.25) is 0 Å². The summed E-state index contributed by atoms with van der Waals surface area (Å²) in [6.07, 6.45) is -4.44. The third-order valence-electron chi connectivity index (χ3n) is 2.74. The quantitative estimate of drug-likeness (QED) is 0.743. The maximum Gasteiger partial charge on any atom is 0.416 e. The number of rotatable bonds is 1. The minimum Gasteiger partial charge on any atom is -0.314 e. The van der Waals surface area contributed by atoms with Crippen LogP contribution in [0.15, 0.2) is 18.2 Å². The van der Waals surface area contributed by atoms with E-state index in [1.807, 2.05) is 0 Å². The molecule has 0 bridgehead atoms. The summed E-state index contributed by atoms with van der Waals surface area (Å²) >= 11 is 0. The summed E-state index contributed by atoms with van der Waals surface area (Å²) in [5.41, 5.74) is -0.756. The summed E-state index contributed by atoms with van der Waals surface area (Å²) in [4.78, 5) is 0. The standard InChI is InChI=1S/C11H12F4N2/c12-9-2-1-7(11(13,14)15)5-8(9)10-6-16-3-4-17-10/h1-2,5,10,16-17H,3-4,6H2/t10-/m1/s1. The lowest BCUT2D eigenvalue weighted by Crippen LogP contribution is -2.43. The zero-order valence-electron chi connectivity index (χ0n) is 8.94. The molecule has 1 fully saturated rings. The minimum atomic E-state index is -4.44. The Hall–Kier alpha value is -1.14. The molecule has 17 heavy (non-hydrogen) atoms. The highest BCUT2D eigenvalue weighted by Gasteiger charge is 2.32. The Kier molecular flexibility index (Phi) is 3.35. The van der Waals surface area contributed by atoms with Crippen molar-refractivity contribution < 1.29 is 17.6 Å². The molecule has 0 unspecified atom stereocenters. The Balaban J connectivity index is 2.31. The fourth-order valence-electron chi connectivity index (χ4n) is 1.86. The second-order valence-corrected chi connectivity index (χ2v) is 3.94. The molecule has 1 aromatic rings. The van der Waals surface area contributed by atoms with Crippen LogP contribution in [0, 0.1) is 5.82 Å². The monoisotopic (exact) mass is 248 g/mol. The molecule has 0 aliphatic carbocycles. The predicted molar refractivity (Wildman–Crippen MR) is 55.0 cm³/mol. The van der Waals surface area contributed by atoms with Crippen LogP contribution in [0.1, 0.15) is 17.2 Å². The summed E-state index contributed by atoms with van der Waals surface area (Å²) in [5, 5.41) is 5.99. The first kappa shape index (κ1) is 12.3. The van der Waals surface area contributed by atoms with Crippen molar-refractivity contribution in [2.45, 2.75) is 12.2 Å². The van der Waals surface area contributed by atoms with Crippen molar-refractivity contribution in [3.63, 3.8) is 0 Å². The van der Waals surface area contributed by atoms with Crippen molar-refractivity contribution in [2.24, 2.45) is 0 Å². The van der Waals surface area contributed by atoms with E-state index in [4.69, 9.17) is 0 Å². The van der Waals surface area contributed by atoms with Gasteiger partial charge in [0.05, 0.1) is 5.56 Å². The molecule has 94 valence electrons. The largest absolute Gasteiger partial charge is 0.416 e. The lowest BCUT2D eigenvalue weighted by molar-refractivity contribution is -0.137. The highest BCUT2D eigenvalue weighted by Crippen LogP contribution is 2.31. The van der Waals surface area contributed by atoms with Crippen LogP contribution >= 0.6 is 0 Å². The van der Waals surface area contributed by atoms with Gasteiger partial charge in [0.2, 0.25) is 0 Å². The summed E-state index contributed by atoms with van der Waals surface area (Å²) in [6, 6.07) is 2.09. The molecular formula is C11H12F4N2. The average Bonchev–Trinajstić information content (AvgIpc) is 2.29. The Morgan fingerprint density at radius 1 is 1.18 bits per heavy atom. The van der Waals surface area contributed by atoms with Crippen molar-refractivity contribution in [3.8, 4) is 0 Å². The molecule has 6 heteroatoms. The third kappa shape index (κ3) is 2.76. The van der Waals surface area contributed by atoms with Crippen molar-refractivity contribution in [3.05, 3.63) is 35.1 Å². The maximum atomic E-state index is 13.5. The van der Waals surface area contributed by atoms with Crippen molar-refractivity contribution in [1.29, 1.82) is 0 Å². The average molecular weight is 248 g/mol. The fourth-order valence-corrected chi connectivity index (χ4v) is 1.86. The van der Waals surface area contributed by atoms with E-state index in [0.717, 1.165) is 24.7 Å². The van der Waals surface area contributed by atoms with Gasteiger partial charge in [0.15, 0.2) is 0 Å². The Morgan fingerprint density at radius 2 is 1.94 bits per heavy atom. The van der Waals surface area contributed by atoms with Crippen LogP contribution < -0.4 is 10.6 Å². The van der Waals surface area contributed by atoms with Gasteiger partial charge in [0.1, 0.15) is 5.82 Å². The smallest absolute Gasteiger partial charge is 0.314 e. The van der Waals surface area contributed by atoms with Crippen molar-refractivity contribution in [1.82, 2.24) is 10.6 Å². The molecule has 1 aliphatic rings. The molecule has 1 heterocycles. The first-order valence-electron chi connectivity index (χ1n) is 5.29. The van der Waals surface area contributed by atoms with E-state index in [-0.39, 0.29) is 5.56 Å². The Morgan fingerprint density at radius 3 is 2.53 bits per heavy atom. The van der Waals surface area contributed by atoms with E-state index in [0.29, 0.717) is 13.1 Å². The van der Waals surface area contributed by atoms with E-state index >= 15 is 0 Å². The van der Waals surface area contributed by atoms with Crippen LogP contribution in [-0.4, -0.2) is 19.6 Å². The zero-order valence-corrected chi connectivity index (χ0v) is 8.94. The van der Waals surface area contributed by atoms with E-state index in [1.54, 1.807) is 0 Å². The molecule has 0 radical (unpaired) electrons. The van der Waals surface area contributed by atoms with Crippen molar-refractivity contribution in [2.75, 3.05) is 19.6 Å². The first-order valence-corrected chi connectivity index (χ1v) is 5.29. The first-order chi connectivity index (χ1) is 7.98. The van der Waals surface area contributed by atoms with Crippen LogP contribution in [0.2, 0.25) is 0 Å². The van der Waals surface area contributed by atoms with E-state index in [9.17, 15) is 17.6 Å². The molecule has 0 aromatic heterocycles. The maximum absolute atomic E-state index is 13.5. The van der Waals surface area contributed by atoms with Crippen LogP contribution in [0.3, 0.4) is 0 Å². The lowest BCUT2D eigenvalue weighted by Gasteiger charge is -2.25. The van der Waals surface area contributed by atoms with Crippen molar-refractivity contribution >= 4 is 0 Å². The van der Waals surface area contributed by atoms with Crippen LogP contribution in [-0.2, 0) is 6.18 Å². The van der Waals surface area contributed by atoms with Gasteiger partial charge in [-0.25, -0.2) is 4.39 Å². The van der Waals surface area contributed by atoms with E-state index in [1.165, 1.54) is 0 Å². The van der Waals surface area contributed by atoms with Gasteiger partial charge in [0, 0.05) is 31.2 Å². The second kappa shape index (κ2) is 4.62. The second-order valence-electron chi connectivity index (χ2n) is 3.94. The predicted octanol–water partition coefficient (Wildman–Crippen LogP) is 2.08. The number of hydrogen-bond acceptors (Lipinski definition) is 2. The zero-order chi connectivity index (χ0) is 12.5. The molecule has 1 aliphatic heterocycles. The molecule has 1 saturated heterocycles. The number of hydrogen-bond donors (Lipinski definition) is 2. The molecule has 0 spiro atoms. The van der Waals surface area contributed by atoms with Crippen LogP contribution in [0.4, 0.5) is 17.6 Å². The number of piperazine rings is 1. The molecule has 2 rings (SSSR count). The van der Waals surface area contributed by atoms with Gasteiger partial charge in [-0.2, -0.15) is 13.2 Å². The number of benzene rings is 1. The molecule has 2 nitrogen and oxygen atoms in total. The topological polar surface area (TPSA) is 24.1 Å². The Labute approximate surface area is 96.0 Å². The summed E-state index contributed by atoms with van der Waals surface area (Å²) in [6.45, 7) is 1.77. The summed E-state index contributed by atoms with van der Waals surface area (Å²) in [5.74, 6) is -0.612. The lowest BCUT2D eigenvalue weighted by atomic mass is 10.0. The molecule has 1 aromatic carbocycles. The van der Waals surface area contributed by atoms with Gasteiger partial charge in [-0.15, -0.1) is 0 Å². The molecular weight excluding hydrogens is 236 g/mol. The molecule has 0 saturated carbocycles. The minimum absolute atomic E-state index is 0.0621. The Bertz CT molecular complexity index is 397. The van der Waals surface area contributed by atoms with Gasteiger partial charge >= 0.3 is 6.18 Å². The number of alkyl halides is 3. The van der Waals surface area contributed by atoms with Gasteiger partial charge in [0.25, 0.3) is 0 Å². The third-order valence-corrected chi connectivity index (χ3v) is 2.74. The highest BCUT2D eigenvalue weighted by molar-refractivity contribution is 5.30. The fraction of sp³-hybridized carbons (Fsp3) is 0.455.